The molecule has 0 spiro atoms. The number of aromatic nitrogens is 2. The summed E-state index contributed by atoms with van der Waals surface area (Å²) in [4.78, 5) is 20.8. The maximum Gasteiger partial charge on any atom is 0.251 e. The smallest absolute Gasteiger partial charge is 0.251 e. The number of aryl methyl sites for hydroxylation is 1. The van der Waals surface area contributed by atoms with Crippen molar-refractivity contribution in [2.24, 2.45) is 12.0 Å². The first-order chi connectivity index (χ1) is 14.6. The number of hydrogen-bond acceptors (Lipinski definition) is 5. The summed E-state index contributed by atoms with van der Waals surface area (Å²) in [6.45, 7) is 2.09. The lowest BCUT2D eigenvalue weighted by Crippen LogP contribution is -2.43. The Morgan fingerprint density at radius 1 is 1.10 bits per heavy atom. The maximum atomic E-state index is 12.6. The number of amides is 1. The SMILES string of the molecule is CN1CCC(NC(=O)c2ccc(Cc3nn(C)c(=NC4CCCCC4)s3)cc2)CC1. The molecule has 1 aliphatic carbocycles. The van der Waals surface area contributed by atoms with Gasteiger partial charge in [0.05, 0.1) is 6.04 Å². The molecule has 162 valence electrons. The van der Waals surface area contributed by atoms with Crippen LogP contribution in [0.1, 0.15) is 65.9 Å². The molecule has 0 atom stereocenters. The summed E-state index contributed by atoms with van der Waals surface area (Å²) in [6, 6.07) is 8.70. The van der Waals surface area contributed by atoms with Crippen molar-refractivity contribution in [3.63, 3.8) is 0 Å². The van der Waals surface area contributed by atoms with Crippen LogP contribution in [-0.4, -0.2) is 52.8 Å². The first-order valence-corrected chi connectivity index (χ1v) is 12.0. The summed E-state index contributed by atoms with van der Waals surface area (Å²) in [6.07, 6.45) is 9.16. The van der Waals surface area contributed by atoms with Gasteiger partial charge in [0, 0.05) is 25.1 Å². The molecule has 1 aromatic carbocycles. The minimum Gasteiger partial charge on any atom is -0.349 e. The van der Waals surface area contributed by atoms with E-state index in [1.807, 2.05) is 36.0 Å². The van der Waals surface area contributed by atoms with E-state index in [0.717, 1.165) is 47.7 Å². The third-order valence-corrected chi connectivity index (χ3v) is 7.25. The number of likely N-dealkylation sites (tertiary alicyclic amines) is 1. The van der Waals surface area contributed by atoms with Crippen molar-refractivity contribution in [1.82, 2.24) is 20.0 Å². The molecule has 0 radical (unpaired) electrons. The second-order valence-electron chi connectivity index (χ2n) is 8.75. The molecule has 2 aromatic rings. The Labute approximate surface area is 183 Å². The van der Waals surface area contributed by atoms with Crippen LogP contribution in [0.5, 0.6) is 0 Å². The van der Waals surface area contributed by atoms with Gasteiger partial charge < -0.3 is 10.2 Å². The molecular weight excluding hydrogens is 394 g/mol. The molecule has 2 heterocycles. The monoisotopic (exact) mass is 427 g/mol. The Morgan fingerprint density at radius 3 is 2.50 bits per heavy atom. The van der Waals surface area contributed by atoms with E-state index in [0.29, 0.717) is 6.04 Å². The molecule has 1 aromatic heterocycles. The predicted molar refractivity (Wildman–Crippen MR) is 121 cm³/mol. The fourth-order valence-electron chi connectivity index (χ4n) is 4.32. The first-order valence-electron chi connectivity index (χ1n) is 11.2. The summed E-state index contributed by atoms with van der Waals surface area (Å²) < 4.78 is 1.91. The van der Waals surface area contributed by atoms with Crippen molar-refractivity contribution in [2.45, 2.75) is 63.5 Å². The van der Waals surface area contributed by atoms with E-state index in [9.17, 15) is 4.79 Å². The number of rotatable bonds is 5. The van der Waals surface area contributed by atoms with E-state index in [1.165, 1.54) is 37.7 Å². The molecule has 1 saturated carbocycles. The zero-order chi connectivity index (χ0) is 20.9. The number of benzene rings is 1. The average molecular weight is 428 g/mol. The fraction of sp³-hybridized carbons (Fsp3) is 0.609. The Morgan fingerprint density at radius 2 is 1.80 bits per heavy atom. The average Bonchev–Trinajstić information content (AvgIpc) is 3.09. The zero-order valence-electron chi connectivity index (χ0n) is 18.1. The summed E-state index contributed by atoms with van der Waals surface area (Å²) in [5.74, 6) is 0.0327. The molecule has 4 rings (SSSR count). The quantitative estimate of drug-likeness (QED) is 0.797. The van der Waals surface area contributed by atoms with Crippen molar-refractivity contribution < 1.29 is 4.79 Å². The topological polar surface area (TPSA) is 62.5 Å². The van der Waals surface area contributed by atoms with Crippen LogP contribution in [-0.2, 0) is 13.5 Å². The summed E-state index contributed by atoms with van der Waals surface area (Å²) >= 11 is 1.68. The van der Waals surface area contributed by atoms with Crippen molar-refractivity contribution >= 4 is 17.2 Å². The Balaban J connectivity index is 1.36. The first kappa shape index (κ1) is 21.2. The number of piperidine rings is 1. The molecule has 7 heteroatoms. The Bertz CT molecular complexity index is 902. The lowest BCUT2D eigenvalue weighted by molar-refractivity contribution is 0.0917. The second-order valence-corrected chi connectivity index (χ2v) is 9.79. The van der Waals surface area contributed by atoms with Gasteiger partial charge in [-0.15, -0.1) is 0 Å². The molecule has 6 nitrogen and oxygen atoms in total. The molecule has 30 heavy (non-hydrogen) atoms. The van der Waals surface area contributed by atoms with Crippen molar-refractivity contribution in [3.05, 3.63) is 45.2 Å². The number of carbonyl (C=O) groups excluding carboxylic acids is 1. The molecule has 1 N–H and O–H groups in total. The Kier molecular flexibility index (Phi) is 7.00. The molecular formula is C23H33N5OS. The molecule has 1 amide bonds. The van der Waals surface area contributed by atoms with Crippen LogP contribution in [0.2, 0.25) is 0 Å². The minimum atomic E-state index is 0.0327. The van der Waals surface area contributed by atoms with Crippen LogP contribution in [0, 0.1) is 0 Å². The molecule has 1 aliphatic heterocycles. The van der Waals surface area contributed by atoms with Crippen LogP contribution in [0.15, 0.2) is 29.3 Å². The third kappa shape index (κ3) is 5.58. The predicted octanol–water partition coefficient (Wildman–Crippen LogP) is 3.13. The van der Waals surface area contributed by atoms with E-state index in [2.05, 4.69) is 22.4 Å². The lowest BCUT2D eigenvalue weighted by Gasteiger charge is -2.29. The highest BCUT2D eigenvalue weighted by Gasteiger charge is 2.19. The molecule has 2 aliphatic rings. The van der Waals surface area contributed by atoms with Crippen LogP contribution in [0.4, 0.5) is 0 Å². The van der Waals surface area contributed by atoms with Gasteiger partial charge in [-0.3, -0.25) is 9.79 Å². The highest BCUT2D eigenvalue weighted by molar-refractivity contribution is 7.08. The van der Waals surface area contributed by atoms with Crippen LogP contribution < -0.4 is 10.1 Å². The lowest BCUT2D eigenvalue weighted by atomic mass is 9.96. The van der Waals surface area contributed by atoms with Crippen molar-refractivity contribution in [1.29, 1.82) is 0 Å². The molecule has 2 fully saturated rings. The van der Waals surface area contributed by atoms with Gasteiger partial charge >= 0.3 is 0 Å². The van der Waals surface area contributed by atoms with Gasteiger partial charge in [-0.25, -0.2) is 4.68 Å². The van der Waals surface area contributed by atoms with E-state index in [4.69, 9.17) is 4.99 Å². The third-order valence-electron chi connectivity index (χ3n) is 6.24. The van der Waals surface area contributed by atoms with Crippen LogP contribution >= 0.6 is 11.3 Å². The zero-order valence-corrected chi connectivity index (χ0v) is 19.0. The van der Waals surface area contributed by atoms with Gasteiger partial charge in [0.15, 0.2) is 0 Å². The summed E-state index contributed by atoms with van der Waals surface area (Å²) in [7, 11) is 4.12. The Hall–Kier alpha value is -1.99. The van der Waals surface area contributed by atoms with Crippen molar-refractivity contribution in [3.8, 4) is 0 Å². The second kappa shape index (κ2) is 9.88. The van der Waals surface area contributed by atoms with Gasteiger partial charge in [0.2, 0.25) is 4.80 Å². The van der Waals surface area contributed by atoms with Crippen molar-refractivity contribution in [2.75, 3.05) is 20.1 Å². The highest BCUT2D eigenvalue weighted by atomic mass is 32.1. The molecule has 1 saturated heterocycles. The van der Waals surface area contributed by atoms with Crippen LogP contribution in [0.3, 0.4) is 0 Å². The number of hydrogen-bond donors (Lipinski definition) is 1. The van der Waals surface area contributed by atoms with Crippen LogP contribution in [0.25, 0.3) is 0 Å². The number of carbonyl (C=O) groups is 1. The summed E-state index contributed by atoms with van der Waals surface area (Å²) in [5, 5.41) is 8.92. The van der Waals surface area contributed by atoms with Gasteiger partial charge in [-0.1, -0.05) is 42.7 Å². The van der Waals surface area contributed by atoms with E-state index in [1.54, 1.807) is 11.3 Å². The van der Waals surface area contributed by atoms with Gasteiger partial charge in [-0.05, 0) is 63.5 Å². The highest BCUT2D eigenvalue weighted by Crippen LogP contribution is 2.20. The van der Waals surface area contributed by atoms with Gasteiger partial charge in [0.1, 0.15) is 5.01 Å². The van der Waals surface area contributed by atoms with Gasteiger partial charge in [-0.2, -0.15) is 5.10 Å². The van der Waals surface area contributed by atoms with E-state index < -0.39 is 0 Å². The number of nitrogens with one attached hydrogen (secondary N) is 1. The van der Waals surface area contributed by atoms with E-state index >= 15 is 0 Å². The molecule has 0 bridgehead atoms. The standard InChI is InChI=1S/C23H33N5OS/c1-27-14-12-20(13-15-27)24-22(29)18-10-8-17(9-11-18)16-21-26-28(2)23(30-21)25-19-6-4-3-5-7-19/h8-11,19-20H,3-7,12-16H2,1-2H3,(H,24,29). The largest absolute Gasteiger partial charge is 0.349 e. The van der Waals surface area contributed by atoms with E-state index in [-0.39, 0.29) is 11.9 Å². The molecule has 0 unspecified atom stereocenters. The van der Waals surface area contributed by atoms with Gasteiger partial charge in [0.25, 0.3) is 5.91 Å². The summed E-state index contributed by atoms with van der Waals surface area (Å²) in [5.41, 5.74) is 1.90. The maximum absolute atomic E-state index is 12.6. The fourth-order valence-corrected chi connectivity index (χ4v) is 5.31. The normalized spacial score (nSPS) is 19.9. The minimum absolute atomic E-state index is 0.0327. The number of nitrogens with zero attached hydrogens (tertiary/aromatic N) is 4.